The average molecular weight is 425 g/mol. The van der Waals surface area contributed by atoms with Gasteiger partial charge in [0.15, 0.2) is 0 Å². The fraction of sp³-hybridized carbons (Fsp3) is 0.417. The van der Waals surface area contributed by atoms with Crippen LogP contribution >= 0.6 is 0 Å². The van der Waals surface area contributed by atoms with Gasteiger partial charge in [-0.2, -0.15) is 0 Å². The summed E-state index contributed by atoms with van der Waals surface area (Å²) >= 11 is 0. The molecule has 1 saturated heterocycles. The molecule has 2 aromatic rings. The number of ether oxygens (including phenoxy) is 1. The van der Waals surface area contributed by atoms with Crippen LogP contribution in [0.3, 0.4) is 0 Å². The SMILES string of the molecule is Cc1cccc(NC(=O)CN(C)C(=O)NC(CN2CCOCC2)c2ccccc2)c1C. The van der Waals surface area contributed by atoms with Crippen molar-refractivity contribution >= 4 is 17.6 Å². The van der Waals surface area contributed by atoms with Crippen LogP contribution in [0.15, 0.2) is 48.5 Å². The van der Waals surface area contributed by atoms with Gasteiger partial charge in [-0.05, 0) is 36.6 Å². The van der Waals surface area contributed by atoms with E-state index in [1.165, 1.54) is 4.90 Å². The molecule has 166 valence electrons. The lowest BCUT2D eigenvalue weighted by molar-refractivity contribution is -0.116. The molecule has 0 aromatic heterocycles. The molecule has 1 heterocycles. The highest BCUT2D eigenvalue weighted by Gasteiger charge is 2.22. The number of amides is 3. The summed E-state index contributed by atoms with van der Waals surface area (Å²) in [4.78, 5) is 29.1. The second-order valence-electron chi connectivity index (χ2n) is 7.98. The molecule has 2 aromatic carbocycles. The van der Waals surface area contributed by atoms with Gasteiger partial charge >= 0.3 is 6.03 Å². The number of likely N-dealkylation sites (N-methyl/N-ethyl adjacent to an activating group) is 1. The van der Waals surface area contributed by atoms with E-state index in [1.807, 2.05) is 62.4 Å². The van der Waals surface area contributed by atoms with E-state index in [4.69, 9.17) is 4.74 Å². The first-order chi connectivity index (χ1) is 14.9. The van der Waals surface area contributed by atoms with E-state index in [1.54, 1.807) is 7.05 Å². The molecule has 0 spiro atoms. The summed E-state index contributed by atoms with van der Waals surface area (Å²) in [6.07, 6.45) is 0. The fourth-order valence-electron chi connectivity index (χ4n) is 3.58. The molecule has 0 saturated carbocycles. The van der Waals surface area contributed by atoms with Crippen LogP contribution in [-0.4, -0.2) is 68.2 Å². The van der Waals surface area contributed by atoms with E-state index >= 15 is 0 Å². The summed E-state index contributed by atoms with van der Waals surface area (Å²) in [5.41, 5.74) is 3.94. The van der Waals surface area contributed by atoms with Gasteiger partial charge in [-0.1, -0.05) is 42.5 Å². The average Bonchev–Trinajstić information content (AvgIpc) is 2.77. The number of hydrogen-bond acceptors (Lipinski definition) is 4. The Hall–Kier alpha value is -2.90. The molecule has 2 N–H and O–H groups in total. The summed E-state index contributed by atoms with van der Waals surface area (Å²) in [7, 11) is 1.63. The van der Waals surface area contributed by atoms with Crippen LogP contribution in [0, 0.1) is 13.8 Å². The number of aryl methyl sites for hydroxylation is 1. The molecule has 3 amide bonds. The number of hydrogen-bond donors (Lipinski definition) is 2. The second kappa shape index (κ2) is 10.9. The largest absolute Gasteiger partial charge is 0.379 e. The van der Waals surface area contributed by atoms with Crippen molar-refractivity contribution in [3.8, 4) is 0 Å². The molecule has 1 aliphatic rings. The van der Waals surface area contributed by atoms with Gasteiger partial charge < -0.3 is 20.3 Å². The number of rotatable bonds is 7. The quantitative estimate of drug-likeness (QED) is 0.717. The molecule has 0 radical (unpaired) electrons. The Labute approximate surface area is 184 Å². The Balaban J connectivity index is 1.60. The van der Waals surface area contributed by atoms with Crippen LogP contribution in [0.4, 0.5) is 10.5 Å². The third kappa shape index (κ3) is 6.54. The number of carbonyl (C=O) groups excluding carboxylic acids is 2. The Morgan fingerprint density at radius 2 is 1.77 bits per heavy atom. The van der Waals surface area contributed by atoms with E-state index in [-0.39, 0.29) is 24.5 Å². The molecule has 31 heavy (non-hydrogen) atoms. The molecule has 0 bridgehead atoms. The van der Waals surface area contributed by atoms with Crippen LogP contribution in [-0.2, 0) is 9.53 Å². The van der Waals surface area contributed by atoms with Gasteiger partial charge in [0.2, 0.25) is 5.91 Å². The lowest BCUT2D eigenvalue weighted by Crippen LogP contribution is -2.47. The monoisotopic (exact) mass is 424 g/mol. The van der Waals surface area contributed by atoms with Crippen LogP contribution < -0.4 is 10.6 Å². The maximum Gasteiger partial charge on any atom is 0.318 e. The minimum Gasteiger partial charge on any atom is -0.379 e. The van der Waals surface area contributed by atoms with Gasteiger partial charge in [-0.3, -0.25) is 9.69 Å². The summed E-state index contributed by atoms with van der Waals surface area (Å²) in [5.74, 6) is -0.226. The third-order valence-corrected chi connectivity index (χ3v) is 5.65. The molecule has 1 aliphatic heterocycles. The molecule has 7 heteroatoms. The smallest absolute Gasteiger partial charge is 0.318 e. The van der Waals surface area contributed by atoms with Gasteiger partial charge in [-0.15, -0.1) is 0 Å². The van der Waals surface area contributed by atoms with Gasteiger partial charge in [-0.25, -0.2) is 4.79 Å². The Morgan fingerprint density at radius 1 is 1.06 bits per heavy atom. The summed E-state index contributed by atoms with van der Waals surface area (Å²) in [6, 6.07) is 15.2. The topological polar surface area (TPSA) is 73.9 Å². The molecule has 1 fully saturated rings. The van der Waals surface area contributed by atoms with Crippen LogP contribution in [0.2, 0.25) is 0 Å². The van der Waals surface area contributed by atoms with E-state index in [0.29, 0.717) is 19.8 Å². The maximum atomic E-state index is 12.9. The van der Waals surface area contributed by atoms with Crippen molar-refractivity contribution in [1.82, 2.24) is 15.1 Å². The Morgan fingerprint density at radius 3 is 2.48 bits per heavy atom. The zero-order chi connectivity index (χ0) is 22.2. The van der Waals surface area contributed by atoms with E-state index in [2.05, 4.69) is 15.5 Å². The van der Waals surface area contributed by atoms with E-state index in [0.717, 1.165) is 35.5 Å². The Bertz CT molecular complexity index is 882. The number of benzene rings is 2. The fourth-order valence-corrected chi connectivity index (χ4v) is 3.58. The number of urea groups is 1. The van der Waals surface area contributed by atoms with Crippen molar-refractivity contribution in [3.05, 3.63) is 65.2 Å². The molecule has 7 nitrogen and oxygen atoms in total. The first-order valence-corrected chi connectivity index (χ1v) is 10.7. The second-order valence-corrected chi connectivity index (χ2v) is 7.98. The van der Waals surface area contributed by atoms with Crippen molar-refractivity contribution in [2.75, 3.05) is 51.8 Å². The molecule has 0 aliphatic carbocycles. The van der Waals surface area contributed by atoms with Crippen LogP contribution in [0.25, 0.3) is 0 Å². The first kappa shape index (κ1) is 22.8. The Kier molecular flexibility index (Phi) is 8.03. The van der Waals surface area contributed by atoms with E-state index in [9.17, 15) is 9.59 Å². The van der Waals surface area contributed by atoms with Gasteiger partial charge in [0.05, 0.1) is 19.3 Å². The molecular weight excluding hydrogens is 392 g/mol. The van der Waals surface area contributed by atoms with Crippen LogP contribution in [0.5, 0.6) is 0 Å². The van der Waals surface area contributed by atoms with Crippen molar-refractivity contribution < 1.29 is 14.3 Å². The zero-order valence-corrected chi connectivity index (χ0v) is 18.6. The number of nitrogens with one attached hydrogen (secondary N) is 2. The van der Waals surface area contributed by atoms with Crippen molar-refractivity contribution in [2.45, 2.75) is 19.9 Å². The molecule has 3 rings (SSSR count). The third-order valence-electron chi connectivity index (χ3n) is 5.65. The zero-order valence-electron chi connectivity index (χ0n) is 18.6. The van der Waals surface area contributed by atoms with Crippen molar-refractivity contribution in [2.24, 2.45) is 0 Å². The molecular formula is C24H32N4O3. The lowest BCUT2D eigenvalue weighted by atomic mass is 10.1. The van der Waals surface area contributed by atoms with Crippen molar-refractivity contribution in [1.29, 1.82) is 0 Å². The highest BCUT2D eigenvalue weighted by Crippen LogP contribution is 2.18. The summed E-state index contributed by atoms with van der Waals surface area (Å²) < 4.78 is 5.43. The van der Waals surface area contributed by atoms with E-state index < -0.39 is 0 Å². The molecule has 1 unspecified atom stereocenters. The number of nitrogens with zero attached hydrogens (tertiary/aromatic N) is 2. The number of carbonyl (C=O) groups is 2. The predicted molar refractivity (Wildman–Crippen MR) is 122 cm³/mol. The maximum absolute atomic E-state index is 12.9. The minimum absolute atomic E-state index is 0.0295. The summed E-state index contributed by atoms with van der Waals surface area (Å²) in [6.45, 7) is 7.72. The van der Waals surface area contributed by atoms with Crippen molar-refractivity contribution in [3.63, 3.8) is 0 Å². The van der Waals surface area contributed by atoms with Gasteiger partial charge in [0, 0.05) is 32.4 Å². The van der Waals surface area contributed by atoms with Gasteiger partial charge in [0.1, 0.15) is 6.54 Å². The molecule has 1 atom stereocenters. The van der Waals surface area contributed by atoms with Crippen LogP contribution in [0.1, 0.15) is 22.7 Å². The summed E-state index contributed by atoms with van der Waals surface area (Å²) in [5, 5.41) is 6.00. The number of anilines is 1. The first-order valence-electron chi connectivity index (χ1n) is 10.7. The normalized spacial score (nSPS) is 15.2. The highest BCUT2D eigenvalue weighted by atomic mass is 16.5. The number of morpholine rings is 1. The predicted octanol–water partition coefficient (Wildman–Crippen LogP) is 2.96. The standard InChI is InChI=1S/C24H32N4O3/c1-18-8-7-11-21(19(18)2)25-23(29)17-27(3)24(30)26-22(20-9-5-4-6-10-20)16-28-12-14-31-15-13-28/h4-11,22H,12-17H2,1-3H3,(H,25,29)(H,26,30). The minimum atomic E-state index is -0.279. The highest BCUT2D eigenvalue weighted by molar-refractivity contribution is 5.95. The lowest BCUT2D eigenvalue weighted by Gasteiger charge is -2.32. The van der Waals surface area contributed by atoms with Gasteiger partial charge in [0.25, 0.3) is 0 Å².